The zero-order chi connectivity index (χ0) is 12.8. The van der Waals surface area contributed by atoms with Crippen LogP contribution in [0.15, 0.2) is 23.0 Å². The van der Waals surface area contributed by atoms with Crippen LogP contribution in [-0.4, -0.2) is 16.5 Å². The van der Waals surface area contributed by atoms with Gasteiger partial charge in [0.15, 0.2) is 0 Å². The van der Waals surface area contributed by atoms with Crippen molar-refractivity contribution in [3.63, 3.8) is 0 Å². The van der Waals surface area contributed by atoms with Crippen molar-refractivity contribution in [2.75, 3.05) is 0 Å². The van der Waals surface area contributed by atoms with E-state index in [0.717, 1.165) is 12.1 Å². The van der Waals surface area contributed by atoms with Crippen LogP contribution in [0, 0.1) is 6.92 Å². The maximum atomic E-state index is 12.6. The van der Waals surface area contributed by atoms with Gasteiger partial charge in [-0.25, -0.2) is 4.98 Å². The first-order valence-electron chi connectivity index (χ1n) is 4.98. The van der Waals surface area contributed by atoms with Crippen molar-refractivity contribution in [2.24, 2.45) is 7.05 Å². The molecule has 0 N–H and O–H groups in total. The monoisotopic (exact) mass is 280 g/mol. The largest absolute Gasteiger partial charge is 1.00 e. The molecule has 0 amide bonds. The summed E-state index contributed by atoms with van der Waals surface area (Å²) in [6.07, 6.45) is 0. The molecule has 2 aromatic rings. The Morgan fingerprint density at radius 3 is 2.44 bits per heavy atom. The molecule has 0 spiro atoms. The first kappa shape index (κ1) is 15.9. The van der Waals surface area contributed by atoms with Crippen LogP contribution in [0.2, 0.25) is 0 Å². The minimum Gasteiger partial charge on any atom is -0.445 e. The summed E-state index contributed by atoms with van der Waals surface area (Å²) < 4.78 is 38.9. The van der Waals surface area contributed by atoms with Crippen molar-refractivity contribution in [2.45, 2.75) is 6.92 Å². The van der Waals surface area contributed by atoms with Crippen LogP contribution in [0.25, 0.3) is 10.9 Å². The minimum atomic E-state index is -5.10. The molecular weight excluding hydrogens is 271 g/mol. The van der Waals surface area contributed by atoms with Gasteiger partial charge >= 0.3 is 58.4 Å². The molecule has 0 fully saturated rings. The zero-order valence-corrected chi connectivity index (χ0v) is 13.4. The maximum Gasteiger partial charge on any atom is 1.00 e. The number of benzene rings is 1. The van der Waals surface area contributed by atoms with Gasteiger partial charge in [0.05, 0.1) is 10.9 Å². The normalized spacial score (nSPS) is 11.4. The molecule has 1 heterocycles. The van der Waals surface area contributed by atoms with Crippen LogP contribution < -0.4 is 62.4 Å². The Labute approximate surface area is 144 Å². The van der Waals surface area contributed by atoms with Crippen LogP contribution in [0.4, 0.5) is 12.9 Å². The fraction of sp³-hybridized carbons (Fsp3) is 0.200. The van der Waals surface area contributed by atoms with Gasteiger partial charge in [0, 0.05) is 7.05 Å². The second kappa shape index (κ2) is 5.46. The van der Waals surface area contributed by atoms with E-state index >= 15 is 0 Å². The molecule has 0 unspecified atom stereocenters. The Balaban J connectivity index is 0.00000162. The number of fused-ring (bicyclic) bond motifs is 1. The quantitative estimate of drug-likeness (QED) is 0.584. The second-order valence-electron chi connectivity index (χ2n) is 3.87. The summed E-state index contributed by atoms with van der Waals surface area (Å²) in [6.45, 7) is -3.47. The molecule has 90 valence electrons. The van der Waals surface area contributed by atoms with Gasteiger partial charge in [0.25, 0.3) is 5.56 Å². The van der Waals surface area contributed by atoms with Crippen LogP contribution in [0.5, 0.6) is 0 Å². The molecule has 2 rings (SSSR count). The summed E-state index contributed by atoms with van der Waals surface area (Å²) in [4.78, 5) is 15.9. The first-order valence-corrected chi connectivity index (χ1v) is 4.98. The Bertz CT molecular complexity index is 654. The van der Waals surface area contributed by atoms with Gasteiger partial charge in [-0.05, 0) is 13.0 Å². The molecule has 18 heavy (non-hydrogen) atoms. The fourth-order valence-electron chi connectivity index (χ4n) is 1.60. The van der Waals surface area contributed by atoms with Gasteiger partial charge in [-0.15, -0.1) is 5.46 Å². The maximum absolute atomic E-state index is 12.6. The van der Waals surface area contributed by atoms with E-state index in [4.69, 9.17) is 0 Å². The average Bonchev–Trinajstić information content (AvgIpc) is 2.24. The number of hydrogen-bond donors (Lipinski definition) is 0. The van der Waals surface area contributed by atoms with Crippen LogP contribution in [-0.2, 0) is 7.05 Å². The average molecular weight is 280 g/mol. The van der Waals surface area contributed by atoms with Crippen LogP contribution >= 0.6 is 0 Å². The smallest absolute Gasteiger partial charge is 0.445 e. The molecule has 0 saturated heterocycles. The molecule has 1 aromatic heterocycles. The summed E-state index contributed by atoms with van der Waals surface area (Å²) in [5, 5.41) is -0.00481. The van der Waals surface area contributed by atoms with E-state index in [1.54, 1.807) is 6.92 Å². The number of hydrogen-bond acceptors (Lipinski definition) is 2. The van der Waals surface area contributed by atoms with Gasteiger partial charge in [-0.2, -0.15) is 0 Å². The number of aryl methyl sites for hydroxylation is 1. The van der Waals surface area contributed by atoms with Crippen molar-refractivity contribution < 1.29 is 64.3 Å². The summed E-state index contributed by atoms with van der Waals surface area (Å²) in [6, 6.07) is 3.05. The van der Waals surface area contributed by atoms with Crippen LogP contribution in [0.3, 0.4) is 0 Å². The van der Waals surface area contributed by atoms with E-state index < -0.39 is 18.0 Å². The SMILES string of the molecule is Cc1nc2ccc([B-](F)(F)F)cc2c(=O)n1C.[K+]. The van der Waals surface area contributed by atoms with Gasteiger partial charge in [0.1, 0.15) is 5.82 Å². The molecule has 0 bridgehead atoms. The number of aromatic nitrogens is 2. The fourth-order valence-corrected chi connectivity index (χ4v) is 1.60. The third-order valence-corrected chi connectivity index (χ3v) is 2.70. The number of rotatable bonds is 1. The van der Waals surface area contributed by atoms with Crippen molar-refractivity contribution in [3.05, 3.63) is 34.4 Å². The van der Waals surface area contributed by atoms with Crippen LogP contribution in [0.1, 0.15) is 5.82 Å². The Kier molecular flexibility index (Phi) is 4.82. The molecule has 0 aliphatic heterocycles. The molecule has 3 nitrogen and oxygen atoms in total. The molecule has 8 heteroatoms. The van der Waals surface area contributed by atoms with Gasteiger partial charge in [-0.3, -0.25) is 9.36 Å². The summed E-state index contributed by atoms with van der Waals surface area (Å²) in [5.74, 6) is 0.466. The summed E-state index contributed by atoms with van der Waals surface area (Å²) in [5.41, 5.74) is -0.955. The molecule has 0 aliphatic carbocycles. The number of halogens is 3. The topological polar surface area (TPSA) is 34.9 Å². The van der Waals surface area contributed by atoms with Gasteiger partial charge < -0.3 is 12.9 Å². The summed E-state index contributed by atoms with van der Waals surface area (Å²) >= 11 is 0. The molecule has 0 aliphatic rings. The Hall–Kier alpha value is -0.149. The van der Waals surface area contributed by atoms with Gasteiger partial charge in [-0.1, -0.05) is 12.1 Å². The predicted molar refractivity (Wildman–Crippen MR) is 60.4 cm³/mol. The van der Waals surface area contributed by atoms with E-state index in [-0.39, 0.29) is 62.3 Å². The minimum absolute atomic E-state index is 0. The van der Waals surface area contributed by atoms with E-state index in [1.807, 2.05) is 0 Å². The predicted octanol–water partition coefficient (Wildman–Crippen LogP) is -1.70. The van der Waals surface area contributed by atoms with Crippen molar-refractivity contribution in [1.29, 1.82) is 0 Å². The van der Waals surface area contributed by atoms with E-state index in [9.17, 15) is 17.7 Å². The van der Waals surface area contributed by atoms with Gasteiger partial charge in [0.2, 0.25) is 0 Å². The third-order valence-electron chi connectivity index (χ3n) is 2.70. The standard InChI is InChI=1S/C10H9BF3N2O.K/c1-6-15-9-4-3-7(11(12,13)14)5-8(9)10(17)16(6)2;/h3-5H,1-2H3;/q-1;+1. The number of nitrogens with zero attached hydrogens (tertiary/aromatic N) is 2. The molecule has 0 atom stereocenters. The summed E-state index contributed by atoms with van der Waals surface area (Å²) in [7, 11) is 1.48. The zero-order valence-electron chi connectivity index (χ0n) is 10.2. The first-order chi connectivity index (χ1) is 7.80. The van der Waals surface area contributed by atoms with Crippen molar-refractivity contribution >= 4 is 23.3 Å². The van der Waals surface area contributed by atoms with Crippen molar-refractivity contribution in [3.8, 4) is 0 Å². The Morgan fingerprint density at radius 2 is 1.89 bits per heavy atom. The Morgan fingerprint density at radius 1 is 1.28 bits per heavy atom. The molecular formula is C10H9BF3KN2O. The van der Waals surface area contributed by atoms with E-state index in [2.05, 4.69) is 4.98 Å². The molecule has 0 radical (unpaired) electrons. The van der Waals surface area contributed by atoms with E-state index in [0.29, 0.717) is 5.82 Å². The molecule has 0 saturated carbocycles. The molecule has 1 aromatic carbocycles. The third kappa shape index (κ3) is 2.88. The second-order valence-corrected chi connectivity index (χ2v) is 3.87. The van der Waals surface area contributed by atoms with E-state index in [1.165, 1.54) is 17.7 Å². The van der Waals surface area contributed by atoms with Crippen molar-refractivity contribution in [1.82, 2.24) is 9.55 Å².